The van der Waals surface area contributed by atoms with Crippen molar-refractivity contribution in [3.05, 3.63) is 90.0 Å². The van der Waals surface area contributed by atoms with Crippen molar-refractivity contribution in [2.75, 3.05) is 0 Å². The molecule has 3 aromatic carbocycles. The summed E-state index contributed by atoms with van der Waals surface area (Å²) in [5, 5.41) is 0. The van der Waals surface area contributed by atoms with Crippen LogP contribution in [0.15, 0.2) is 78.9 Å². The maximum Gasteiger partial charge on any atom is 0.145 e. The molecule has 0 aliphatic heterocycles. The number of allylic oxidation sites excluding steroid dienone is 1. The zero-order valence-electron chi connectivity index (χ0n) is 14.5. The Kier molecular flexibility index (Phi) is 3.95. The standard InChI is InChI=1S/C23H20N2/c1-3-10-20-17(2)15-16-21-22(20)24-23(18-11-6-4-7-12-18)25(21)19-13-8-5-9-14-19/h3-16H,1-2H3/b10-3-. The highest BCUT2D eigenvalue weighted by Gasteiger charge is 2.16. The SMILES string of the molecule is C/C=C\c1c(C)ccc2c1nc(-c1ccccc1)n2-c1ccccc1. The molecule has 0 saturated heterocycles. The second-order valence-corrected chi connectivity index (χ2v) is 6.14. The molecule has 0 bridgehead atoms. The maximum atomic E-state index is 5.05. The molecule has 2 heteroatoms. The van der Waals surface area contributed by atoms with Gasteiger partial charge in [-0.25, -0.2) is 4.98 Å². The van der Waals surface area contributed by atoms with E-state index in [-0.39, 0.29) is 0 Å². The molecule has 0 spiro atoms. The summed E-state index contributed by atoms with van der Waals surface area (Å²) >= 11 is 0. The Hall–Kier alpha value is -3.13. The predicted molar refractivity (Wildman–Crippen MR) is 106 cm³/mol. The number of para-hydroxylation sites is 1. The number of hydrogen-bond donors (Lipinski definition) is 0. The molecule has 0 aliphatic carbocycles. The van der Waals surface area contributed by atoms with Crippen LogP contribution in [-0.4, -0.2) is 9.55 Å². The largest absolute Gasteiger partial charge is 0.292 e. The van der Waals surface area contributed by atoms with Crippen LogP contribution in [0.25, 0.3) is 34.2 Å². The molecule has 122 valence electrons. The van der Waals surface area contributed by atoms with Crippen molar-refractivity contribution in [2.45, 2.75) is 13.8 Å². The first kappa shape index (κ1) is 15.4. The van der Waals surface area contributed by atoms with E-state index in [1.807, 2.05) is 19.1 Å². The number of rotatable bonds is 3. The molecule has 0 atom stereocenters. The molecule has 1 aromatic heterocycles. The molecular weight excluding hydrogens is 304 g/mol. The van der Waals surface area contributed by atoms with Gasteiger partial charge in [0.25, 0.3) is 0 Å². The number of nitrogens with zero attached hydrogens (tertiary/aromatic N) is 2. The third-order valence-electron chi connectivity index (χ3n) is 4.46. The number of hydrogen-bond acceptors (Lipinski definition) is 1. The highest BCUT2D eigenvalue weighted by Crippen LogP contribution is 2.31. The van der Waals surface area contributed by atoms with Crippen molar-refractivity contribution in [1.29, 1.82) is 0 Å². The lowest BCUT2D eigenvalue weighted by Gasteiger charge is -2.10. The second kappa shape index (κ2) is 6.40. The van der Waals surface area contributed by atoms with Gasteiger partial charge in [0.05, 0.1) is 11.0 Å². The van der Waals surface area contributed by atoms with Crippen LogP contribution in [0.5, 0.6) is 0 Å². The van der Waals surface area contributed by atoms with Gasteiger partial charge >= 0.3 is 0 Å². The molecule has 1 heterocycles. The Morgan fingerprint density at radius 2 is 1.52 bits per heavy atom. The van der Waals surface area contributed by atoms with Crippen molar-refractivity contribution in [3.8, 4) is 17.1 Å². The van der Waals surface area contributed by atoms with Gasteiger partial charge < -0.3 is 0 Å². The topological polar surface area (TPSA) is 17.8 Å². The molecule has 0 saturated carbocycles. The van der Waals surface area contributed by atoms with Gasteiger partial charge in [-0.15, -0.1) is 0 Å². The molecule has 0 fully saturated rings. The van der Waals surface area contributed by atoms with Crippen molar-refractivity contribution in [1.82, 2.24) is 9.55 Å². The van der Waals surface area contributed by atoms with E-state index in [0.29, 0.717) is 0 Å². The van der Waals surface area contributed by atoms with Gasteiger partial charge in [-0.3, -0.25) is 4.57 Å². The van der Waals surface area contributed by atoms with E-state index in [1.54, 1.807) is 0 Å². The van der Waals surface area contributed by atoms with E-state index in [9.17, 15) is 0 Å². The second-order valence-electron chi connectivity index (χ2n) is 6.14. The summed E-state index contributed by atoms with van der Waals surface area (Å²) in [7, 11) is 0. The van der Waals surface area contributed by atoms with Gasteiger partial charge in [0.2, 0.25) is 0 Å². The fraction of sp³-hybridized carbons (Fsp3) is 0.0870. The fourth-order valence-corrected chi connectivity index (χ4v) is 3.26. The number of benzene rings is 3. The Bertz CT molecular complexity index is 1040. The summed E-state index contributed by atoms with van der Waals surface area (Å²) in [6.07, 6.45) is 4.22. The normalized spacial score (nSPS) is 11.4. The molecular formula is C23H20N2. The van der Waals surface area contributed by atoms with Crippen LogP contribution in [-0.2, 0) is 0 Å². The van der Waals surface area contributed by atoms with E-state index >= 15 is 0 Å². The van der Waals surface area contributed by atoms with Gasteiger partial charge in [-0.1, -0.05) is 66.7 Å². The van der Waals surface area contributed by atoms with Gasteiger partial charge in [0.15, 0.2) is 0 Å². The van der Waals surface area contributed by atoms with Crippen LogP contribution in [0.4, 0.5) is 0 Å². The average Bonchev–Trinajstić information content (AvgIpc) is 3.05. The summed E-state index contributed by atoms with van der Waals surface area (Å²) in [5.41, 5.74) is 6.84. The van der Waals surface area contributed by atoms with Crippen molar-refractivity contribution >= 4 is 17.1 Å². The first-order valence-electron chi connectivity index (χ1n) is 8.55. The summed E-state index contributed by atoms with van der Waals surface area (Å²) in [6, 6.07) is 25.2. The van der Waals surface area contributed by atoms with Crippen molar-refractivity contribution in [3.63, 3.8) is 0 Å². The lowest BCUT2D eigenvalue weighted by atomic mass is 10.1. The third-order valence-corrected chi connectivity index (χ3v) is 4.46. The van der Waals surface area contributed by atoms with Crippen LogP contribution in [0.2, 0.25) is 0 Å². The zero-order chi connectivity index (χ0) is 17.2. The fourth-order valence-electron chi connectivity index (χ4n) is 3.26. The molecule has 0 radical (unpaired) electrons. The molecule has 25 heavy (non-hydrogen) atoms. The smallest absolute Gasteiger partial charge is 0.145 e. The minimum absolute atomic E-state index is 0.971. The Morgan fingerprint density at radius 3 is 2.20 bits per heavy atom. The Labute approximate surface area is 148 Å². The van der Waals surface area contributed by atoms with Crippen LogP contribution >= 0.6 is 0 Å². The van der Waals surface area contributed by atoms with E-state index < -0.39 is 0 Å². The van der Waals surface area contributed by atoms with Gasteiger partial charge in [-0.05, 0) is 37.6 Å². The van der Waals surface area contributed by atoms with Gasteiger partial charge in [0, 0.05) is 16.8 Å². The summed E-state index contributed by atoms with van der Waals surface area (Å²) in [5.74, 6) is 0.971. The summed E-state index contributed by atoms with van der Waals surface area (Å²) < 4.78 is 2.25. The molecule has 2 nitrogen and oxygen atoms in total. The van der Waals surface area contributed by atoms with E-state index in [1.165, 1.54) is 11.1 Å². The monoisotopic (exact) mass is 324 g/mol. The van der Waals surface area contributed by atoms with Gasteiger partial charge in [-0.2, -0.15) is 0 Å². The minimum atomic E-state index is 0.971. The number of aromatic nitrogens is 2. The summed E-state index contributed by atoms with van der Waals surface area (Å²) in [6.45, 7) is 4.18. The highest BCUT2D eigenvalue weighted by atomic mass is 15.1. The first-order chi connectivity index (χ1) is 12.3. The van der Waals surface area contributed by atoms with Crippen LogP contribution in [0.1, 0.15) is 18.1 Å². The quantitative estimate of drug-likeness (QED) is 0.449. The van der Waals surface area contributed by atoms with Crippen molar-refractivity contribution < 1.29 is 0 Å². The Morgan fingerprint density at radius 1 is 0.840 bits per heavy atom. The van der Waals surface area contributed by atoms with Gasteiger partial charge in [0.1, 0.15) is 5.82 Å². The summed E-state index contributed by atoms with van der Waals surface area (Å²) in [4.78, 5) is 5.05. The molecule has 0 amide bonds. The average molecular weight is 324 g/mol. The van der Waals surface area contributed by atoms with Crippen LogP contribution < -0.4 is 0 Å². The lowest BCUT2D eigenvalue weighted by molar-refractivity contribution is 1.10. The number of fused-ring (bicyclic) bond motifs is 1. The molecule has 0 aliphatic rings. The maximum absolute atomic E-state index is 5.05. The highest BCUT2D eigenvalue weighted by molar-refractivity contribution is 5.91. The van der Waals surface area contributed by atoms with Crippen LogP contribution in [0, 0.1) is 6.92 Å². The minimum Gasteiger partial charge on any atom is -0.292 e. The molecule has 0 unspecified atom stereocenters. The predicted octanol–water partition coefficient (Wildman–Crippen LogP) is 6.03. The van der Waals surface area contributed by atoms with E-state index in [0.717, 1.165) is 28.1 Å². The number of imidazole rings is 1. The first-order valence-corrected chi connectivity index (χ1v) is 8.55. The number of aryl methyl sites for hydroxylation is 1. The van der Waals surface area contributed by atoms with Crippen molar-refractivity contribution in [2.24, 2.45) is 0 Å². The van der Waals surface area contributed by atoms with E-state index in [2.05, 4.69) is 84.3 Å². The third kappa shape index (κ3) is 2.66. The molecule has 4 aromatic rings. The molecule has 0 N–H and O–H groups in total. The lowest BCUT2D eigenvalue weighted by Crippen LogP contribution is -1.97. The zero-order valence-corrected chi connectivity index (χ0v) is 14.5. The van der Waals surface area contributed by atoms with E-state index in [4.69, 9.17) is 4.98 Å². The molecule has 4 rings (SSSR count). The Balaban J connectivity index is 2.12. The van der Waals surface area contributed by atoms with Crippen LogP contribution in [0.3, 0.4) is 0 Å².